The molecule has 2 rings (SSSR count). The number of aromatic nitrogens is 2. The SMILES string of the molecule is COc1cnc2c(B(O)O)cc(CO)cc2n1. The lowest BCUT2D eigenvalue weighted by Gasteiger charge is -2.08. The number of aliphatic hydroxyl groups is 1. The number of rotatable bonds is 3. The molecule has 0 amide bonds. The lowest BCUT2D eigenvalue weighted by atomic mass is 9.78. The van der Waals surface area contributed by atoms with Crippen molar-refractivity contribution in [2.75, 3.05) is 7.11 Å². The fourth-order valence-corrected chi connectivity index (χ4v) is 1.58. The number of aliphatic hydroxyl groups excluding tert-OH is 1. The van der Waals surface area contributed by atoms with Gasteiger partial charge < -0.3 is 19.9 Å². The van der Waals surface area contributed by atoms with E-state index in [2.05, 4.69) is 9.97 Å². The van der Waals surface area contributed by atoms with Crippen molar-refractivity contribution in [3.8, 4) is 5.88 Å². The van der Waals surface area contributed by atoms with E-state index >= 15 is 0 Å². The summed E-state index contributed by atoms with van der Waals surface area (Å²) in [5.41, 5.74) is 1.56. The monoisotopic (exact) mass is 234 g/mol. The molecule has 3 N–H and O–H groups in total. The average Bonchev–Trinajstić information content (AvgIpc) is 2.36. The summed E-state index contributed by atoms with van der Waals surface area (Å²) < 4.78 is 4.94. The maximum absolute atomic E-state index is 9.24. The Kier molecular flexibility index (Phi) is 3.23. The first-order chi connectivity index (χ1) is 8.15. The molecule has 0 aliphatic carbocycles. The van der Waals surface area contributed by atoms with E-state index in [4.69, 9.17) is 9.84 Å². The lowest BCUT2D eigenvalue weighted by Crippen LogP contribution is -2.31. The number of nitrogens with zero attached hydrogens (tertiary/aromatic N) is 2. The second-order valence-electron chi connectivity index (χ2n) is 3.50. The van der Waals surface area contributed by atoms with Crippen LogP contribution in [0, 0.1) is 0 Å². The van der Waals surface area contributed by atoms with Crippen LogP contribution in [0.4, 0.5) is 0 Å². The van der Waals surface area contributed by atoms with Gasteiger partial charge in [-0.2, -0.15) is 0 Å². The van der Waals surface area contributed by atoms with Crippen molar-refractivity contribution in [2.24, 2.45) is 0 Å². The van der Waals surface area contributed by atoms with Crippen LogP contribution in [-0.4, -0.2) is 39.4 Å². The first-order valence-corrected chi connectivity index (χ1v) is 4.96. The van der Waals surface area contributed by atoms with Crippen molar-refractivity contribution in [3.05, 3.63) is 23.9 Å². The Hall–Kier alpha value is -1.70. The fourth-order valence-electron chi connectivity index (χ4n) is 1.58. The maximum Gasteiger partial charge on any atom is 0.490 e. The molecule has 0 saturated carbocycles. The van der Waals surface area contributed by atoms with Crippen molar-refractivity contribution in [3.63, 3.8) is 0 Å². The zero-order valence-corrected chi connectivity index (χ0v) is 9.16. The average molecular weight is 234 g/mol. The smallest absolute Gasteiger partial charge is 0.480 e. The van der Waals surface area contributed by atoms with Crippen molar-refractivity contribution >= 4 is 23.6 Å². The molecule has 1 heterocycles. The van der Waals surface area contributed by atoms with Gasteiger partial charge in [0, 0.05) is 5.46 Å². The third kappa shape index (κ3) is 2.21. The molecule has 7 heteroatoms. The van der Waals surface area contributed by atoms with Gasteiger partial charge in [0.15, 0.2) is 0 Å². The minimum absolute atomic E-state index is 0.210. The van der Waals surface area contributed by atoms with Crippen molar-refractivity contribution in [2.45, 2.75) is 6.61 Å². The third-order valence-corrected chi connectivity index (χ3v) is 2.38. The van der Waals surface area contributed by atoms with E-state index in [9.17, 15) is 10.0 Å². The fraction of sp³-hybridized carbons (Fsp3) is 0.200. The van der Waals surface area contributed by atoms with Crippen LogP contribution >= 0.6 is 0 Å². The zero-order chi connectivity index (χ0) is 12.4. The summed E-state index contributed by atoms with van der Waals surface area (Å²) in [6.45, 7) is -0.214. The Morgan fingerprint density at radius 2 is 2.12 bits per heavy atom. The normalized spacial score (nSPS) is 10.6. The second kappa shape index (κ2) is 4.66. The van der Waals surface area contributed by atoms with Crippen LogP contribution in [-0.2, 0) is 6.61 Å². The van der Waals surface area contributed by atoms with Crippen molar-refractivity contribution in [1.29, 1.82) is 0 Å². The number of hydrogen-bond acceptors (Lipinski definition) is 6. The molecule has 88 valence electrons. The topological polar surface area (TPSA) is 95.7 Å². The van der Waals surface area contributed by atoms with E-state index in [1.54, 1.807) is 6.07 Å². The van der Waals surface area contributed by atoms with Crippen LogP contribution in [0.25, 0.3) is 11.0 Å². The highest BCUT2D eigenvalue weighted by atomic mass is 16.5. The highest BCUT2D eigenvalue weighted by Crippen LogP contribution is 2.14. The summed E-state index contributed by atoms with van der Waals surface area (Å²) in [6.07, 6.45) is 1.40. The van der Waals surface area contributed by atoms with E-state index in [1.165, 1.54) is 19.4 Å². The van der Waals surface area contributed by atoms with Gasteiger partial charge in [-0.1, -0.05) is 6.07 Å². The molecule has 0 atom stereocenters. The van der Waals surface area contributed by atoms with E-state index in [-0.39, 0.29) is 12.1 Å². The van der Waals surface area contributed by atoms with E-state index in [0.717, 1.165) is 0 Å². The van der Waals surface area contributed by atoms with Crippen LogP contribution < -0.4 is 10.2 Å². The highest BCUT2D eigenvalue weighted by molar-refractivity contribution is 6.61. The largest absolute Gasteiger partial charge is 0.490 e. The van der Waals surface area contributed by atoms with E-state index < -0.39 is 7.12 Å². The Morgan fingerprint density at radius 1 is 1.35 bits per heavy atom. The molecular formula is C10H11BN2O4. The Labute approximate surface area is 97.7 Å². The first-order valence-electron chi connectivity index (χ1n) is 4.96. The molecule has 6 nitrogen and oxygen atoms in total. The molecule has 0 bridgehead atoms. The van der Waals surface area contributed by atoms with Crippen LogP contribution in [0.15, 0.2) is 18.3 Å². The molecule has 1 aromatic carbocycles. The molecule has 0 radical (unpaired) electrons. The lowest BCUT2D eigenvalue weighted by molar-refractivity contribution is 0.282. The van der Waals surface area contributed by atoms with Gasteiger partial charge in [0.1, 0.15) is 0 Å². The number of ether oxygens (including phenoxy) is 1. The van der Waals surface area contributed by atoms with E-state index in [1.807, 2.05) is 0 Å². The minimum Gasteiger partial charge on any atom is -0.480 e. The van der Waals surface area contributed by atoms with Gasteiger partial charge >= 0.3 is 7.12 Å². The second-order valence-corrected chi connectivity index (χ2v) is 3.50. The third-order valence-electron chi connectivity index (χ3n) is 2.38. The van der Waals surface area contributed by atoms with Gasteiger partial charge in [-0.3, -0.25) is 0 Å². The summed E-state index contributed by atoms with van der Waals surface area (Å²) in [5, 5.41) is 27.6. The molecular weight excluding hydrogens is 223 g/mol. The maximum atomic E-state index is 9.24. The quantitative estimate of drug-likeness (QED) is 0.578. The molecule has 0 saturated heterocycles. The van der Waals surface area contributed by atoms with E-state index in [0.29, 0.717) is 22.5 Å². The van der Waals surface area contributed by atoms with Gasteiger partial charge in [0.05, 0.1) is 30.9 Å². The van der Waals surface area contributed by atoms with Crippen LogP contribution in [0.5, 0.6) is 5.88 Å². The molecule has 0 unspecified atom stereocenters. The van der Waals surface area contributed by atoms with Crippen LogP contribution in [0.3, 0.4) is 0 Å². The molecule has 0 aliphatic rings. The van der Waals surface area contributed by atoms with Gasteiger partial charge in [0.25, 0.3) is 0 Å². The summed E-state index contributed by atoms with van der Waals surface area (Å²) in [6, 6.07) is 3.10. The minimum atomic E-state index is -1.66. The summed E-state index contributed by atoms with van der Waals surface area (Å²) >= 11 is 0. The molecule has 0 aliphatic heterocycles. The number of benzene rings is 1. The Bertz CT molecular complexity index is 542. The first kappa shape index (κ1) is 11.8. The number of methoxy groups -OCH3 is 1. The van der Waals surface area contributed by atoms with Crippen LogP contribution in [0.1, 0.15) is 5.56 Å². The van der Waals surface area contributed by atoms with Gasteiger partial charge in [-0.25, -0.2) is 9.97 Å². The number of hydrogen-bond donors (Lipinski definition) is 3. The summed E-state index contributed by atoms with van der Waals surface area (Å²) in [5.74, 6) is 0.325. The summed E-state index contributed by atoms with van der Waals surface area (Å²) in [7, 11) is -0.195. The van der Waals surface area contributed by atoms with Crippen molar-refractivity contribution < 1.29 is 19.9 Å². The molecule has 17 heavy (non-hydrogen) atoms. The molecule has 2 aromatic rings. The molecule has 1 aromatic heterocycles. The predicted octanol–water partition coefficient (Wildman–Crippen LogP) is -1.19. The Morgan fingerprint density at radius 3 is 2.71 bits per heavy atom. The standard InChI is InChI=1S/C10H11BN2O4/c1-17-9-4-12-10-7(11(15)16)2-6(5-14)3-8(10)13-9/h2-4,14-16H,5H2,1H3. The van der Waals surface area contributed by atoms with Gasteiger partial charge in [-0.05, 0) is 11.6 Å². The predicted molar refractivity (Wildman–Crippen MR) is 61.8 cm³/mol. The van der Waals surface area contributed by atoms with Gasteiger partial charge in [0.2, 0.25) is 5.88 Å². The highest BCUT2D eigenvalue weighted by Gasteiger charge is 2.18. The molecule has 0 fully saturated rings. The number of fused-ring (bicyclic) bond motifs is 1. The zero-order valence-electron chi connectivity index (χ0n) is 9.16. The van der Waals surface area contributed by atoms with Gasteiger partial charge in [-0.15, -0.1) is 0 Å². The molecule has 0 spiro atoms. The Balaban J connectivity index is 2.71. The van der Waals surface area contributed by atoms with Crippen molar-refractivity contribution in [1.82, 2.24) is 9.97 Å². The van der Waals surface area contributed by atoms with Crippen LogP contribution in [0.2, 0.25) is 0 Å². The summed E-state index contributed by atoms with van der Waals surface area (Å²) in [4.78, 5) is 8.19.